The lowest BCUT2D eigenvalue weighted by molar-refractivity contribution is 0.0512. The Morgan fingerprint density at radius 2 is 2.41 bits per heavy atom. The van der Waals surface area contributed by atoms with Crippen molar-refractivity contribution < 1.29 is 9.53 Å². The molecule has 7 heteroatoms. The molecule has 2 aromatic rings. The first-order chi connectivity index (χ1) is 8.11. The average molecular weight is 252 g/mol. The van der Waals surface area contributed by atoms with Crippen LogP contribution in [0, 0.1) is 6.92 Å². The van der Waals surface area contributed by atoms with Crippen LogP contribution in [0.2, 0.25) is 0 Å². The summed E-state index contributed by atoms with van der Waals surface area (Å²) < 4.78 is 4.81. The molecule has 90 valence electrons. The van der Waals surface area contributed by atoms with Crippen LogP contribution in [0.3, 0.4) is 0 Å². The van der Waals surface area contributed by atoms with Crippen molar-refractivity contribution in [3.63, 3.8) is 0 Å². The number of H-pyrrole nitrogens is 1. The van der Waals surface area contributed by atoms with E-state index in [1.165, 1.54) is 11.3 Å². The summed E-state index contributed by atoms with van der Waals surface area (Å²) in [5.41, 5.74) is 6.56. The van der Waals surface area contributed by atoms with Gasteiger partial charge in [0.2, 0.25) is 5.82 Å². The molecule has 0 amide bonds. The molecular formula is C10H12N4O2S. The van der Waals surface area contributed by atoms with Crippen LogP contribution in [-0.2, 0) is 4.74 Å². The summed E-state index contributed by atoms with van der Waals surface area (Å²) in [6.07, 6.45) is 0. The first kappa shape index (κ1) is 11.6. The number of nitrogens with zero attached hydrogens (tertiary/aromatic N) is 2. The van der Waals surface area contributed by atoms with Crippen LogP contribution in [0.4, 0.5) is 5.00 Å². The fraction of sp³-hybridized carbons (Fsp3) is 0.300. The largest absolute Gasteiger partial charge is 0.460 e. The molecule has 2 rings (SSSR count). The molecule has 0 aliphatic rings. The van der Waals surface area contributed by atoms with Crippen molar-refractivity contribution in [1.82, 2.24) is 15.2 Å². The summed E-state index contributed by atoms with van der Waals surface area (Å²) >= 11 is 1.46. The summed E-state index contributed by atoms with van der Waals surface area (Å²) in [5, 5.41) is 7.13. The number of rotatable bonds is 3. The highest BCUT2D eigenvalue weighted by atomic mass is 32.1. The maximum absolute atomic E-state index is 11.4. The summed E-state index contributed by atoms with van der Waals surface area (Å²) in [7, 11) is 0. The van der Waals surface area contributed by atoms with E-state index in [1.54, 1.807) is 6.92 Å². The summed E-state index contributed by atoms with van der Waals surface area (Å²) in [5.74, 6) is -0.0169. The number of carbonyl (C=O) groups is 1. The van der Waals surface area contributed by atoms with Gasteiger partial charge in [-0.3, -0.25) is 5.10 Å². The number of nitrogen functional groups attached to an aromatic ring is 1. The Morgan fingerprint density at radius 1 is 1.65 bits per heavy atom. The molecule has 0 aromatic carbocycles. The second-order valence-electron chi connectivity index (χ2n) is 3.36. The van der Waals surface area contributed by atoms with Gasteiger partial charge in [0.25, 0.3) is 0 Å². The van der Waals surface area contributed by atoms with Crippen LogP contribution in [0.1, 0.15) is 22.4 Å². The van der Waals surface area contributed by atoms with E-state index >= 15 is 0 Å². The van der Waals surface area contributed by atoms with Crippen LogP contribution in [0.5, 0.6) is 0 Å². The molecule has 0 aliphatic carbocycles. The lowest BCUT2D eigenvalue weighted by Gasteiger charge is -1.95. The van der Waals surface area contributed by atoms with Gasteiger partial charge in [0.05, 0.1) is 17.2 Å². The normalized spacial score (nSPS) is 10.5. The molecule has 2 heterocycles. The SMILES string of the molecule is CCOC(=O)c1nc(-c2cc(C)sc2N)n[nH]1. The third kappa shape index (κ3) is 2.28. The summed E-state index contributed by atoms with van der Waals surface area (Å²) in [6.45, 7) is 3.98. The molecule has 0 saturated heterocycles. The van der Waals surface area contributed by atoms with E-state index in [-0.39, 0.29) is 5.82 Å². The zero-order chi connectivity index (χ0) is 12.4. The number of esters is 1. The Hall–Kier alpha value is -1.89. The summed E-state index contributed by atoms with van der Waals surface area (Å²) in [6, 6.07) is 1.89. The predicted molar refractivity (Wildman–Crippen MR) is 64.8 cm³/mol. The Morgan fingerprint density at radius 3 is 3.00 bits per heavy atom. The van der Waals surface area contributed by atoms with Crippen molar-refractivity contribution in [2.45, 2.75) is 13.8 Å². The van der Waals surface area contributed by atoms with Crippen LogP contribution in [0.15, 0.2) is 6.07 Å². The average Bonchev–Trinajstić information content (AvgIpc) is 2.85. The smallest absolute Gasteiger partial charge is 0.375 e. The number of aryl methyl sites for hydroxylation is 1. The van der Waals surface area contributed by atoms with Crippen molar-refractivity contribution in [2.24, 2.45) is 0 Å². The van der Waals surface area contributed by atoms with Gasteiger partial charge < -0.3 is 10.5 Å². The van der Waals surface area contributed by atoms with Crippen molar-refractivity contribution in [3.05, 3.63) is 16.8 Å². The zero-order valence-electron chi connectivity index (χ0n) is 9.48. The van der Waals surface area contributed by atoms with Gasteiger partial charge in [-0.05, 0) is 19.9 Å². The van der Waals surface area contributed by atoms with Gasteiger partial charge in [-0.25, -0.2) is 9.78 Å². The molecule has 0 unspecified atom stereocenters. The molecule has 0 aliphatic heterocycles. The maximum atomic E-state index is 11.4. The molecule has 0 radical (unpaired) electrons. The minimum Gasteiger partial charge on any atom is -0.460 e. The molecule has 0 fully saturated rings. The van der Waals surface area contributed by atoms with Gasteiger partial charge in [0, 0.05) is 4.88 Å². The predicted octanol–water partition coefficient (Wildman–Crippen LogP) is 1.60. The number of carbonyl (C=O) groups excluding carboxylic acids is 1. The first-order valence-corrected chi connectivity index (χ1v) is 5.89. The van der Waals surface area contributed by atoms with Gasteiger partial charge in [0.15, 0.2) is 5.82 Å². The van der Waals surface area contributed by atoms with Crippen molar-refractivity contribution in [1.29, 1.82) is 0 Å². The molecule has 0 atom stereocenters. The van der Waals surface area contributed by atoms with Crippen LogP contribution < -0.4 is 5.73 Å². The first-order valence-electron chi connectivity index (χ1n) is 5.07. The Balaban J connectivity index is 2.30. The summed E-state index contributed by atoms with van der Waals surface area (Å²) in [4.78, 5) is 16.5. The minimum absolute atomic E-state index is 0.0881. The monoisotopic (exact) mass is 252 g/mol. The number of hydrogen-bond acceptors (Lipinski definition) is 6. The van der Waals surface area contributed by atoms with Crippen molar-refractivity contribution >= 4 is 22.3 Å². The van der Waals surface area contributed by atoms with E-state index in [0.717, 1.165) is 10.4 Å². The third-order valence-corrected chi connectivity index (χ3v) is 2.96. The number of anilines is 1. The highest BCUT2D eigenvalue weighted by Gasteiger charge is 2.16. The molecule has 17 heavy (non-hydrogen) atoms. The van der Waals surface area contributed by atoms with Gasteiger partial charge in [-0.2, -0.15) is 5.10 Å². The number of aromatic amines is 1. The Bertz CT molecular complexity index is 546. The second-order valence-corrected chi connectivity index (χ2v) is 4.65. The van der Waals surface area contributed by atoms with Gasteiger partial charge in [-0.1, -0.05) is 0 Å². The lowest BCUT2D eigenvalue weighted by atomic mass is 10.3. The third-order valence-electron chi connectivity index (χ3n) is 2.08. The van der Waals surface area contributed by atoms with Crippen molar-refractivity contribution in [3.8, 4) is 11.4 Å². The molecule has 3 N–H and O–H groups in total. The van der Waals surface area contributed by atoms with E-state index in [0.29, 0.717) is 17.4 Å². The van der Waals surface area contributed by atoms with Gasteiger partial charge in [0.1, 0.15) is 0 Å². The molecule has 6 nitrogen and oxygen atoms in total. The van der Waals surface area contributed by atoms with Crippen LogP contribution in [0.25, 0.3) is 11.4 Å². The van der Waals surface area contributed by atoms with E-state index in [9.17, 15) is 4.79 Å². The maximum Gasteiger partial charge on any atom is 0.375 e. The fourth-order valence-electron chi connectivity index (χ4n) is 1.38. The molecule has 0 saturated carbocycles. The quantitative estimate of drug-likeness (QED) is 0.809. The Kier molecular flexibility index (Phi) is 3.10. The van der Waals surface area contributed by atoms with Crippen LogP contribution >= 0.6 is 11.3 Å². The number of nitrogens with two attached hydrogens (primary N) is 1. The van der Waals surface area contributed by atoms with E-state index in [1.807, 2.05) is 13.0 Å². The zero-order valence-corrected chi connectivity index (χ0v) is 10.3. The number of aromatic nitrogens is 3. The van der Waals surface area contributed by atoms with E-state index in [2.05, 4.69) is 15.2 Å². The highest BCUT2D eigenvalue weighted by Crippen LogP contribution is 2.31. The van der Waals surface area contributed by atoms with E-state index < -0.39 is 5.97 Å². The minimum atomic E-state index is -0.517. The lowest BCUT2D eigenvalue weighted by Crippen LogP contribution is -2.06. The number of hydrogen-bond donors (Lipinski definition) is 2. The van der Waals surface area contributed by atoms with Crippen molar-refractivity contribution in [2.75, 3.05) is 12.3 Å². The van der Waals surface area contributed by atoms with Crippen LogP contribution in [-0.4, -0.2) is 27.8 Å². The number of ether oxygens (including phenoxy) is 1. The standard InChI is InChI=1S/C10H12N4O2S/c1-3-16-10(15)9-12-8(13-14-9)6-4-5(2)17-7(6)11/h4H,3,11H2,1-2H3,(H,12,13,14). The fourth-order valence-corrected chi connectivity index (χ4v) is 2.16. The van der Waals surface area contributed by atoms with E-state index in [4.69, 9.17) is 10.5 Å². The molecule has 0 spiro atoms. The highest BCUT2D eigenvalue weighted by molar-refractivity contribution is 7.16. The Labute approximate surface area is 102 Å². The molecular weight excluding hydrogens is 240 g/mol. The van der Waals surface area contributed by atoms with Gasteiger partial charge >= 0.3 is 5.97 Å². The van der Waals surface area contributed by atoms with Gasteiger partial charge in [-0.15, -0.1) is 11.3 Å². The topological polar surface area (TPSA) is 93.9 Å². The number of thiophene rings is 1. The number of nitrogens with one attached hydrogen (secondary N) is 1. The molecule has 0 bridgehead atoms. The second kappa shape index (κ2) is 4.54. The molecule has 2 aromatic heterocycles.